The van der Waals surface area contributed by atoms with Crippen LogP contribution in [-0.4, -0.2) is 23.7 Å². The summed E-state index contributed by atoms with van der Waals surface area (Å²) in [4.78, 5) is 0. The summed E-state index contributed by atoms with van der Waals surface area (Å²) in [5.74, 6) is 6.17. The summed E-state index contributed by atoms with van der Waals surface area (Å²) < 4.78 is 6.05. The Hall–Kier alpha value is 0.310. The molecule has 1 nitrogen and oxygen atoms in total. The minimum atomic E-state index is 0.616. The van der Waals surface area contributed by atoms with E-state index in [4.69, 9.17) is 4.74 Å². The first-order valence-electron chi connectivity index (χ1n) is 5.02. The summed E-state index contributed by atoms with van der Waals surface area (Å²) in [5, 5.41) is 0. The molecule has 12 heavy (non-hydrogen) atoms. The molecule has 0 saturated carbocycles. The van der Waals surface area contributed by atoms with Crippen molar-refractivity contribution in [2.24, 2.45) is 23.7 Å². The standard InChI is InChI=1S/C10H16OS/c1-5-6(2)10-8-4-12-3-7(8)9(5)11-10/h5-10H,3-4H2,1-2H3. The molecule has 6 unspecified atom stereocenters. The van der Waals surface area contributed by atoms with E-state index >= 15 is 0 Å². The van der Waals surface area contributed by atoms with Crippen molar-refractivity contribution in [1.29, 1.82) is 0 Å². The molecule has 0 aromatic rings. The van der Waals surface area contributed by atoms with Crippen molar-refractivity contribution in [3.63, 3.8) is 0 Å². The van der Waals surface area contributed by atoms with Gasteiger partial charge in [0.1, 0.15) is 0 Å². The van der Waals surface area contributed by atoms with Gasteiger partial charge < -0.3 is 4.74 Å². The second-order valence-corrected chi connectivity index (χ2v) is 5.72. The lowest BCUT2D eigenvalue weighted by molar-refractivity contribution is 0.0747. The maximum absolute atomic E-state index is 6.05. The Morgan fingerprint density at radius 3 is 2.00 bits per heavy atom. The van der Waals surface area contributed by atoms with E-state index in [-0.39, 0.29) is 0 Å². The van der Waals surface area contributed by atoms with Gasteiger partial charge in [0.15, 0.2) is 0 Å². The zero-order valence-electron chi connectivity index (χ0n) is 7.69. The first kappa shape index (κ1) is 7.69. The zero-order valence-corrected chi connectivity index (χ0v) is 8.51. The van der Waals surface area contributed by atoms with Crippen molar-refractivity contribution < 1.29 is 4.74 Å². The Labute approximate surface area is 78.2 Å². The second kappa shape index (κ2) is 2.42. The summed E-state index contributed by atoms with van der Waals surface area (Å²) in [6.45, 7) is 4.74. The molecule has 0 aromatic carbocycles. The van der Waals surface area contributed by atoms with Gasteiger partial charge >= 0.3 is 0 Å². The molecular weight excluding hydrogens is 168 g/mol. The summed E-state index contributed by atoms with van der Waals surface area (Å²) >= 11 is 2.14. The lowest BCUT2D eigenvalue weighted by Crippen LogP contribution is -2.36. The van der Waals surface area contributed by atoms with Crippen LogP contribution in [0.2, 0.25) is 0 Å². The molecule has 0 aliphatic carbocycles. The topological polar surface area (TPSA) is 9.23 Å². The predicted molar refractivity (Wildman–Crippen MR) is 51.3 cm³/mol. The molecule has 3 aliphatic heterocycles. The fourth-order valence-electron chi connectivity index (χ4n) is 3.27. The van der Waals surface area contributed by atoms with E-state index in [1.807, 2.05) is 0 Å². The fourth-order valence-corrected chi connectivity index (χ4v) is 4.83. The molecule has 0 radical (unpaired) electrons. The Kier molecular flexibility index (Phi) is 1.55. The number of hydrogen-bond donors (Lipinski definition) is 0. The fraction of sp³-hybridized carbons (Fsp3) is 1.00. The summed E-state index contributed by atoms with van der Waals surface area (Å²) in [6.07, 6.45) is 1.23. The van der Waals surface area contributed by atoms with E-state index < -0.39 is 0 Å². The lowest BCUT2D eigenvalue weighted by Gasteiger charge is -2.29. The van der Waals surface area contributed by atoms with Gasteiger partial charge in [0, 0.05) is 11.8 Å². The van der Waals surface area contributed by atoms with Crippen LogP contribution in [0.4, 0.5) is 0 Å². The third-order valence-electron chi connectivity index (χ3n) is 4.19. The molecule has 0 spiro atoms. The molecule has 3 saturated heterocycles. The first-order chi connectivity index (χ1) is 5.79. The van der Waals surface area contributed by atoms with Crippen LogP contribution < -0.4 is 0 Å². The molecule has 2 bridgehead atoms. The molecule has 0 amide bonds. The largest absolute Gasteiger partial charge is 0.374 e. The van der Waals surface area contributed by atoms with Gasteiger partial charge in [-0.15, -0.1) is 0 Å². The summed E-state index contributed by atoms with van der Waals surface area (Å²) in [5.41, 5.74) is 0. The van der Waals surface area contributed by atoms with Gasteiger partial charge in [-0.25, -0.2) is 0 Å². The number of thioether (sulfide) groups is 1. The van der Waals surface area contributed by atoms with Crippen LogP contribution in [0.1, 0.15) is 13.8 Å². The van der Waals surface area contributed by atoms with Crippen molar-refractivity contribution in [1.82, 2.24) is 0 Å². The quantitative estimate of drug-likeness (QED) is 0.569. The molecule has 3 aliphatic rings. The van der Waals surface area contributed by atoms with Crippen LogP contribution in [0.25, 0.3) is 0 Å². The Morgan fingerprint density at radius 1 is 1.00 bits per heavy atom. The highest BCUT2D eigenvalue weighted by Gasteiger charge is 2.57. The Morgan fingerprint density at radius 2 is 1.50 bits per heavy atom. The Balaban J connectivity index is 1.92. The normalized spacial score (nSPS) is 62.5. The minimum Gasteiger partial charge on any atom is -0.374 e. The number of hydrogen-bond acceptors (Lipinski definition) is 2. The first-order valence-corrected chi connectivity index (χ1v) is 6.17. The molecule has 0 N–H and O–H groups in total. The highest BCUT2D eigenvalue weighted by atomic mass is 32.2. The van der Waals surface area contributed by atoms with Crippen LogP contribution in [0, 0.1) is 23.7 Å². The van der Waals surface area contributed by atoms with Crippen LogP contribution >= 0.6 is 11.8 Å². The van der Waals surface area contributed by atoms with Gasteiger partial charge in [0.05, 0.1) is 12.2 Å². The van der Waals surface area contributed by atoms with Gasteiger partial charge in [-0.2, -0.15) is 11.8 Å². The van der Waals surface area contributed by atoms with E-state index in [1.54, 1.807) is 0 Å². The van der Waals surface area contributed by atoms with Crippen molar-refractivity contribution in [2.45, 2.75) is 26.1 Å². The third kappa shape index (κ3) is 0.759. The molecule has 3 rings (SSSR count). The van der Waals surface area contributed by atoms with Crippen LogP contribution in [0.15, 0.2) is 0 Å². The molecular formula is C10H16OS. The van der Waals surface area contributed by atoms with E-state index in [1.165, 1.54) is 11.5 Å². The molecule has 3 heterocycles. The van der Waals surface area contributed by atoms with Crippen molar-refractivity contribution in [3.8, 4) is 0 Å². The van der Waals surface area contributed by atoms with Gasteiger partial charge in [-0.05, 0) is 23.3 Å². The molecule has 68 valence electrons. The van der Waals surface area contributed by atoms with Crippen LogP contribution in [-0.2, 0) is 4.74 Å². The Bertz CT molecular complexity index is 186. The minimum absolute atomic E-state index is 0.616. The van der Waals surface area contributed by atoms with Crippen LogP contribution in [0.5, 0.6) is 0 Å². The van der Waals surface area contributed by atoms with Gasteiger partial charge in [-0.3, -0.25) is 0 Å². The van der Waals surface area contributed by atoms with Gasteiger partial charge in [-0.1, -0.05) is 13.8 Å². The molecule has 3 fully saturated rings. The number of ether oxygens (including phenoxy) is 1. The van der Waals surface area contributed by atoms with E-state index in [2.05, 4.69) is 25.6 Å². The van der Waals surface area contributed by atoms with Crippen molar-refractivity contribution >= 4 is 11.8 Å². The van der Waals surface area contributed by atoms with Gasteiger partial charge in [0.2, 0.25) is 0 Å². The van der Waals surface area contributed by atoms with Crippen molar-refractivity contribution in [2.75, 3.05) is 11.5 Å². The molecule has 0 aromatic heterocycles. The average molecular weight is 184 g/mol. The molecule has 6 atom stereocenters. The average Bonchev–Trinajstić information content (AvgIpc) is 2.63. The number of fused-ring (bicyclic) bond motifs is 5. The highest BCUT2D eigenvalue weighted by Crippen LogP contribution is 2.54. The van der Waals surface area contributed by atoms with Crippen LogP contribution in [0.3, 0.4) is 0 Å². The number of rotatable bonds is 0. The lowest BCUT2D eigenvalue weighted by atomic mass is 9.71. The summed E-state index contributed by atoms with van der Waals surface area (Å²) in [6, 6.07) is 0. The van der Waals surface area contributed by atoms with Crippen molar-refractivity contribution in [3.05, 3.63) is 0 Å². The summed E-state index contributed by atoms with van der Waals surface area (Å²) in [7, 11) is 0. The van der Waals surface area contributed by atoms with E-state index in [0.29, 0.717) is 12.2 Å². The maximum atomic E-state index is 6.05. The monoisotopic (exact) mass is 184 g/mol. The SMILES string of the molecule is CC1C(C)C2OC1C1CSCC12. The zero-order chi connectivity index (χ0) is 8.29. The predicted octanol–water partition coefficient (Wildman–Crippen LogP) is 2.02. The second-order valence-electron chi connectivity index (χ2n) is 4.65. The van der Waals surface area contributed by atoms with E-state index in [9.17, 15) is 0 Å². The van der Waals surface area contributed by atoms with E-state index in [0.717, 1.165) is 23.7 Å². The maximum Gasteiger partial charge on any atom is 0.0648 e. The third-order valence-corrected chi connectivity index (χ3v) is 5.44. The smallest absolute Gasteiger partial charge is 0.0648 e. The van der Waals surface area contributed by atoms with Gasteiger partial charge in [0.25, 0.3) is 0 Å². The highest BCUT2D eigenvalue weighted by molar-refractivity contribution is 7.99. The molecule has 2 heteroatoms.